The quantitative estimate of drug-likeness (QED) is 0.642. The second-order valence-electron chi connectivity index (χ2n) is 5.43. The molecule has 0 aliphatic carbocycles. The molecule has 3 nitrogen and oxygen atoms in total. The number of rotatable bonds is 6. The molecule has 0 saturated heterocycles. The third kappa shape index (κ3) is 4.59. The first-order valence-corrected chi connectivity index (χ1v) is 8.95. The largest absolute Gasteiger partial charge is 0.484 e. The fraction of sp³-hybridized carbons (Fsp3) is 0.105. The Morgan fingerprint density at radius 1 is 1.15 bits per heavy atom. The van der Waals surface area contributed by atoms with Crippen LogP contribution < -0.4 is 10.1 Å². The Morgan fingerprint density at radius 2 is 1.92 bits per heavy atom. The summed E-state index contributed by atoms with van der Waals surface area (Å²) in [5.41, 5.74) is 0.757. The standard InChI is InChI=1S/C19H14ClF2NO2S/c20-15-10-14(7-8-16(15)22)25-11-18(24)23-19(17-2-1-9-26-17)12-3-5-13(21)6-4-12/h1-10,19H,11H2,(H,23,24)/t19-/m0/s1. The van der Waals surface area contributed by atoms with Gasteiger partial charge in [-0.2, -0.15) is 0 Å². The van der Waals surface area contributed by atoms with E-state index in [0.717, 1.165) is 10.4 Å². The van der Waals surface area contributed by atoms with Gasteiger partial charge < -0.3 is 10.1 Å². The number of carbonyl (C=O) groups is 1. The molecule has 0 bridgehead atoms. The van der Waals surface area contributed by atoms with Crippen LogP contribution in [0.2, 0.25) is 5.02 Å². The third-order valence-electron chi connectivity index (χ3n) is 3.60. The van der Waals surface area contributed by atoms with Gasteiger partial charge in [0.15, 0.2) is 6.61 Å². The lowest BCUT2D eigenvalue weighted by Gasteiger charge is -2.18. The Balaban J connectivity index is 1.69. The van der Waals surface area contributed by atoms with Crippen molar-refractivity contribution in [3.05, 3.63) is 87.1 Å². The molecule has 134 valence electrons. The first-order chi connectivity index (χ1) is 12.5. The lowest BCUT2D eigenvalue weighted by atomic mass is 10.1. The summed E-state index contributed by atoms with van der Waals surface area (Å²) in [6, 6.07) is 13.2. The molecule has 7 heteroatoms. The Hall–Kier alpha value is -2.44. The van der Waals surface area contributed by atoms with E-state index < -0.39 is 11.9 Å². The normalized spacial score (nSPS) is 11.8. The van der Waals surface area contributed by atoms with Crippen LogP contribution >= 0.6 is 22.9 Å². The summed E-state index contributed by atoms with van der Waals surface area (Å²) in [5.74, 6) is -0.978. The van der Waals surface area contributed by atoms with Crippen LogP contribution in [0.4, 0.5) is 8.78 Å². The van der Waals surface area contributed by atoms with E-state index >= 15 is 0 Å². The number of nitrogens with one attached hydrogen (secondary N) is 1. The Kier molecular flexibility index (Phi) is 5.85. The molecule has 3 aromatic rings. The van der Waals surface area contributed by atoms with Crippen LogP contribution in [0.15, 0.2) is 60.0 Å². The van der Waals surface area contributed by atoms with Crippen molar-refractivity contribution in [2.45, 2.75) is 6.04 Å². The molecule has 0 radical (unpaired) electrons. The zero-order valence-electron chi connectivity index (χ0n) is 13.4. The van der Waals surface area contributed by atoms with Crippen molar-refractivity contribution in [3.63, 3.8) is 0 Å². The molecule has 3 rings (SSSR count). The molecule has 0 spiro atoms. The Morgan fingerprint density at radius 3 is 2.58 bits per heavy atom. The van der Waals surface area contributed by atoms with Crippen molar-refractivity contribution in [3.8, 4) is 5.75 Å². The van der Waals surface area contributed by atoms with Gasteiger partial charge in [0.1, 0.15) is 17.4 Å². The topological polar surface area (TPSA) is 38.3 Å². The maximum absolute atomic E-state index is 13.2. The van der Waals surface area contributed by atoms with Crippen molar-refractivity contribution in [1.29, 1.82) is 0 Å². The van der Waals surface area contributed by atoms with Crippen molar-refractivity contribution >= 4 is 28.8 Å². The van der Waals surface area contributed by atoms with Crippen LogP contribution in [-0.2, 0) is 4.79 Å². The minimum atomic E-state index is -0.558. The number of thiophene rings is 1. The molecule has 0 saturated carbocycles. The predicted molar refractivity (Wildman–Crippen MR) is 97.6 cm³/mol. The van der Waals surface area contributed by atoms with Gasteiger partial charge >= 0.3 is 0 Å². The van der Waals surface area contributed by atoms with Crippen molar-refractivity contribution in [1.82, 2.24) is 5.32 Å². The molecule has 1 atom stereocenters. The molecule has 1 heterocycles. The molecule has 0 aliphatic rings. The number of hydrogen-bond donors (Lipinski definition) is 1. The zero-order valence-corrected chi connectivity index (χ0v) is 15.0. The number of carbonyl (C=O) groups excluding carboxylic acids is 1. The molecule has 1 amide bonds. The van der Waals surface area contributed by atoms with Gasteiger partial charge in [0.25, 0.3) is 5.91 Å². The summed E-state index contributed by atoms with van der Waals surface area (Å²) in [4.78, 5) is 13.2. The summed E-state index contributed by atoms with van der Waals surface area (Å²) in [7, 11) is 0. The average Bonchev–Trinajstić information content (AvgIpc) is 3.16. The first-order valence-electron chi connectivity index (χ1n) is 7.69. The molecular formula is C19H14ClF2NO2S. The highest BCUT2D eigenvalue weighted by Gasteiger charge is 2.18. The van der Waals surface area contributed by atoms with Gasteiger partial charge in [0.2, 0.25) is 0 Å². The first kappa shape index (κ1) is 18.4. The van der Waals surface area contributed by atoms with E-state index in [1.54, 1.807) is 12.1 Å². The van der Waals surface area contributed by atoms with Gasteiger partial charge in [-0.1, -0.05) is 29.8 Å². The predicted octanol–water partition coefficient (Wildman–Crippen LogP) is 4.96. The van der Waals surface area contributed by atoms with Crippen molar-refractivity contribution in [2.75, 3.05) is 6.61 Å². The summed E-state index contributed by atoms with van der Waals surface area (Å²) >= 11 is 7.17. The Labute approximate surface area is 158 Å². The van der Waals surface area contributed by atoms with Crippen LogP contribution in [0.3, 0.4) is 0 Å². The number of amides is 1. The maximum Gasteiger partial charge on any atom is 0.258 e. The third-order valence-corrected chi connectivity index (χ3v) is 4.82. The molecular weight excluding hydrogens is 380 g/mol. The van der Waals surface area contributed by atoms with Crippen LogP contribution in [0.25, 0.3) is 0 Å². The van der Waals surface area contributed by atoms with E-state index in [4.69, 9.17) is 16.3 Å². The zero-order chi connectivity index (χ0) is 18.5. The van der Waals surface area contributed by atoms with Crippen molar-refractivity contribution < 1.29 is 18.3 Å². The minimum absolute atomic E-state index is 0.0781. The molecule has 0 unspecified atom stereocenters. The summed E-state index contributed by atoms with van der Waals surface area (Å²) in [5, 5.41) is 4.69. The lowest BCUT2D eigenvalue weighted by molar-refractivity contribution is -0.123. The average molecular weight is 394 g/mol. The molecule has 1 N–H and O–H groups in total. The number of benzene rings is 2. The summed E-state index contributed by atoms with van der Waals surface area (Å²) in [6.07, 6.45) is 0. The van der Waals surface area contributed by atoms with E-state index in [0.29, 0.717) is 5.75 Å². The van der Waals surface area contributed by atoms with Crippen molar-refractivity contribution in [2.24, 2.45) is 0 Å². The number of halogens is 3. The van der Waals surface area contributed by atoms with Gasteiger partial charge in [-0.25, -0.2) is 8.78 Å². The molecule has 0 aliphatic heterocycles. The minimum Gasteiger partial charge on any atom is -0.484 e. The second kappa shape index (κ2) is 8.29. The van der Waals surface area contributed by atoms with Gasteiger partial charge in [-0.15, -0.1) is 11.3 Å². The van der Waals surface area contributed by atoms with Crippen LogP contribution in [-0.4, -0.2) is 12.5 Å². The fourth-order valence-corrected chi connectivity index (χ4v) is 3.32. The van der Waals surface area contributed by atoms with Gasteiger partial charge in [0, 0.05) is 10.9 Å². The van der Waals surface area contributed by atoms with Gasteiger partial charge in [-0.3, -0.25) is 4.79 Å². The summed E-state index contributed by atoms with van der Waals surface area (Å²) < 4.78 is 31.7. The SMILES string of the molecule is O=C(COc1ccc(F)c(Cl)c1)N[C@@H](c1ccc(F)cc1)c1cccs1. The lowest BCUT2D eigenvalue weighted by Crippen LogP contribution is -2.32. The maximum atomic E-state index is 13.2. The number of hydrogen-bond acceptors (Lipinski definition) is 3. The van der Waals surface area contributed by atoms with Crippen LogP contribution in [0.5, 0.6) is 5.75 Å². The van der Waals surface area contributed by atoms with Crippen LogP contribution in [0.1, 0.15) is 16.5 Å². The molecule has 2 aromatic carbocycles. The van der Waals surface area contributed by atoms with Gasteiger partial charge in [0.05, 0.1) is 11.1 Å². The number of ether oxygens (including phenoxy) is 1. The monoisotopic (exact) mass is 393 g/mol. The summed E-state index contributed by atoms with van der Waals surface area (Å²) in [6.45, 7) is -0.259. The fourth-order valence-electron chi connectivity index (χ4n) is 2.35. The highest BCUT2D eigenvalue weighted by molar-refractivity contribution is 7.10. The molecule has 0 fully saturated rings. The Bertz CT molecular complexity index is 885. The van der Waals surface area contributed by atoms with E-state index in [-0.39, 0.29) is 23.4 Å². The van der Waals surface area contributed by atoms with Crippen LogP contribution in [0, 0.1) is 11.6 Å². The molecule has 26 heavy (non-hydrogen) atoms. The van der Waals surface area contributed by atoms with E-state index in [2.05, 4.69) is 5.32 Å². The van der Waals surface area contributed by atoms with E-state index in [9.17, 15) is 13.6 Å². The van der Waals surface area contributed by atoms with E-state index in [1.807, 2.05) is 17.5 Å². The van der Waals surface area contributed by atoms with Gasteiger partial charge in [-0.05, 0) is 41.3 Å². The highest BCUT2D eigenvalue weighted by atomic mass is 35.5. The highest BCUT2D eigenvalue weighted by Crippen LogP contribution is 2.26. The van der Waals surface area contributed by atoms with E-state index in [1.165, 1.54) is 41.7 Å². The second-order valence-corrected chi connectivity index (χ2v) is 6.82. The smallest absolute Gasteiger partial charge is 0.258 e. The molecule has 1 aromatic heterocycles.